The summed E-state index contributed by atoms with van der Waals surface area (Å²) >= 11 is 2.15. The summed E-state index contributed by atoms with van der Waals surface area (Å²) in [7, 11) is 0. The predicted octanol–water partition coefficient (Wildman–Crippen LogP) is 2.59. The van der Waals surface area contributed by atoms with Crippen LogP contribution in [0.1, 0.15) is 39.5 Å². The fraction of sp³-hybridized carbons (Fsp3) is 1.00. The van der Waals surface area contributed by atoms with Crippen molar-refractivity contribution in [1.29, 1.82) is 0 Å². The molecule has 2 saturated heterocycles. The van der Waals surface area contributed by atoms with Gasteiger partial charge in [-0.1, -0.05) is 13.8 Å². The highest BCUT2D eigenvalue weighted by atomic mass is 32.2. The maximum Gasteiger partial charge on any atom is 0.0184 e. The molecule has 2 nitrogen and oxygen atoms in total. The Bertz CT molecular complexity index is 214. The summed E-state index contributed by atoms with van der Waals surface area (Å²) in [5.74, 6) is 2.30. The van der Waals surface area contributed by atoms with E-state index in [4.69, 9.17) is 0 Å². The molecule has 1 N–H and O–H groups in total. The number of hydrogen-bond donors (Lipinski definition) is 1. The highest BCUT2D eigenvalue weighted by molar-refractivity contribution is 7.99. The molecule has 0 bridgehead atoms. The van der Waals surface area contributed by atoms with Crippen molar-refractivity contribution in [2.24, 2.45) is 5.92 Å². The predicted molar refractivity (Wildman–Crippen MR) is 77.8 cm³/mol. The molecule has 17 heavy (non-hydrogen) atoms. The Labute approximate surface area is 111 Å². The second-order valence-corrected chi connectivity index (χ2v) is 7.10. The third-order valence-electron chi connectivity index (χ3n) is 4.43. The number of piperidine rings is 1. The number of nitrogens with one attached hydrogen (secondary N) is 1. The van der Waals surface area contributed by atoms with E-state index in [9.17, 15) is 0 Å². The van der Waals surface area contributed by atoms with Crippen LogP contribution in [0.15, 0.2) is 0 Å². The van der Waals surface area contributed by atoms with E-state index in [-0.39, 0.29) is 0 Å². The Balaban J connectivity index is 1.65. The molecule has 0 radical (unpaired) electrons. The van der Waals surface area contributed by atoms with Gasteiger partial charge in [0.15, 0.2) is 0 Å². The second kappa shape index (κ2) is 7.01. The minimum Gasteiger partial charge on any atom is -0.313 e. The van der Waals surface area contributed by atoms with Gasteiger partial charge in [0.25, 0.3) is 0 Å². The van der Waals surface area contributed by atoms with E-state index in [1.54, 1.807) is 0 Å². The van der Waals surface area contributed by atoms with Gasteiger partial charge in [0, 0.05) is 11.3 Å². The summed E-state index contributed by atoms with van der Waals surface area (Å²) in [6.45, 7) is 9.79. The van der Waals surface area contributed by atoms with Crippen molar-refractivity contribution in [2.45, 2.75) is 50.8 Å². The smallest absolute Gasteiger partial charge is 0.0184 e. The van der Waals surface area contributed by atoms with Crippen LogP contribution in [-0.4, -0.2) is 48.1 Å². The second-order valence-electron chi connectivity index (χ2n) is 5.61. The fourth-order valence-corrected chi connectivity index (χ4v) is 4.19. The van der Waals surface area contributed by atoms with E-state index in [1.165, 1.54) is 57.6 Å². The number of rotatable bonds is 4. The van der Waals surface area contributed by atoms with Gasteiger partial charge in [0.2, 0.25) is 0 Å². The molecule has 0 saturated carbocycles. The SMILES string of the molecule is CCN1CCC(CNC2CCCSC2C)CC1. The average Bonchev–Trinajstić information content (AvgIpc) is 2.38. The van der Waals surface area contributed by atoms with E-state index in [1.807, 2.05) is 0 Å². The Morgan fingerprint density at radius 3 is 2.65 bits per heavy atom. The number of likely N-dealkylation sites (tertiary alicyclic amines) is 1. The third kappa shape index (κ3) is 4.15. The molecule has 0 aromatic carbocycles. The van der Waals surface area contributed by atoms with Gasteiger partial charge in [-0.15, -0.1) is 0 Å². The molecule has 2 aliphatic rings. The van der Waals surface area contributed by atoms with Crippen LogP contribution in [0.2, 0.25) is 0 Å². The fourth-order valence-electron chi connectivity index (χ4n) is 3.02. The summed E-state index contributed by atoms with van der Waals surface area (Å²) in [6.07, 6.45) is 5.59. The van der Waals surface area contributed by atoms with Crippen LogP contribution in [0.4, 0.5) is 0 Å². The first-order chi connectivity index (χ1) is 8.29. The normalized spacial score (nSPS) is 32.8. The molecule has 0 aliphatic carbocycles. The van der Waals surface area contributed by atoms with Crippen molar-refractivity contribution in [3.05, 3.63) is 0 Å². The van der Waals surface area contributed by atoms with Crippen molar-refractivity contribution in [2.75, 3.05) is 31.9 Å². The van der Waals surface area contributed by atoms with Gasteiger partial charge < -0.3 is 10.2 Å². The van der Waals surface area contributed by atoms with Crippen molar-refractivity contribution in [3.63, 3.8) is 0 Å². The Morgan fingerprint density at radius 2 is 2.00 bits per heavy atom. The number of nitrogens with zero attached hydrogens (tertiary/aromatic N) is 1. The number of hydrogen-bond acceptors (Lipinski definition) is 3. The molecular formula is C14H28N2S. The maximum atomic E-state index is 3.83. The first-order valence-electron chi connectivity index (χ1n) is 7.37. The van der Waals surface area contributed by atoms with Gasteiger partial charge >= 0.3 is 0 Å². The largest absolute Gasteiger partial charge is 0.313 e. The molecule has 2 rings (SSSR count). The molecule has 3 heteroatoms. The molecule has 2 heterocycles. The first kappa shape index (κ1) is 13.7. The highest BCUT2D eigenvalue weighted by Crippen LogP contribution is 2.25. The van der Waals surface area contributed by atoms with Gasteiger partial charge in [-0.2, -0.15) is 11.8 Å². The topological polar surface area (TPSA) is 15.3 Å². The molecule has 2 unspecified atom stereocenters. The zero-order valence-corrected chi connectivity index (χ0v) is 12.3. The van der Waals surface area contributed by atoms with Crippen LogP contribution in [0.25, 0.3) is 0 Å². The monoisotopic (exact) mass is 256 g/mol. The lowest BCUT2D eigenvalue weighted by Gasteiger charge is -2.34. The van der Waals surface area contributed by atoms with Crippen molar-refractivity contribution in [3.8, 4) is 0 Å². The van der Waals surface area contributed by atoms with Crippen LogP contribution in [-0.2, 0) is 0 Å². The minimum absolute atomic E-state index is 0.776. The molecule has 2 atom stereocenters. The molecule has 100 valence electrons. The molecular weight excluding hydrogens is 228 g/mol. The van der Waals surface area contributed by atoms with Crippen molar-refractivity contribution < 1.29 is 0 Å². The minimum atomic E-state index is 0.776. The van der Waals surface area contributed by atoms with Crippen LogP contribution in [0.5, 0.6) is 0 Å². The van der Waals surface area contributed by atoms with Crippen LogP contribution in [0, 0.1) is 5.92 Å². The van der Waals surface area contributed by atoms with Gasteiger partial charge in [0.1, 0.15) is 0 Å². The Hall–Kier alpha value is 0.270. The standard InChI is InChI=1S/C14H28N2S/c1-3-16-8-6-13(7-9-16)11-15-14-5-4-10-17-12(14)2/h12-15H,3-11H2,1-2H3. The van der Waals surface area contributed by atoms with Crippen LogP contribution >= 0.6 is 11.8 Å². The van der Waals surface area contributed by atoms with Gasteiger partial charge in [0.05, 0.1) is 0 Å². The highest BCUT2D eigenvalue weighted by Gasteiger charge is 2.23. The van der Waals surface area contributed by atoms with E-state index in [0.29, 0.717) is 0 Å². The third-order valence-corrected chi connectivity index (χ3v) is 5.81. The van der Waals surface area contributed by atoms with E-state index in [2.05, 4.69) is 35.8 Å². The quantitative estimate of drug-likeness (QED) is 0.832. The van der Waals surface area contributed by atoms with Crippen molar-refractivity contribution in [1.82, 2.24) is 10.2 Å². The van der Waals surface area contributed by atoms with E-state index in [0.717, 1.165) is 17.2 Å². The zero-order valence-electron chi connectivity index (χ0n) is 11.5. The molecule has 2 aliphatic heterocycles. The lowest BCUT2D eigenvalue weighted by molar-refractivity contribution is 0.187. The molecule has 0 aromatic rings. The summed E-state index contributed by atoms with van der Waals surface area (Å²) < 4.78 is 0. The summed E-state index contributed by atoms with van der Waals surface area (Å²) in [4.78, 5) is 2.58. The Kier molecular flexibility index (Phi) is 5.64. The first-order valence-corrected chi connectivity index (χ1v) is 8.41. The molecule has 0 spiro atoms. The lowest BCUT2D eigenvalue weighted by Crippen LogP contribution is -2.44. The van der Waals surface area contributed by atoms with Gasteiger partial charge in [-0.25, -0.2) is 0 Å². The van der Waals surface area contributed by atoms with Crippen molar-refractivity contribution >= 4 is 11.8 Å². The molecule has 0 aromatic heterocycles. The summed E-state index contributed by atoms with van der Waals surface area (Å²) in [6, 6.07) is 0.776. The van der Waals surface area contributed by atoms with Crippen LogP contribution < -0.4 is 5.32 Å². The molecule has 2 fully saturated rings. The maximum absolute atomic E-state index is 3.83. The van der Waals surface area contributed by atoms with Gasteiger partial charge in [-0.3, -0.25) is 0 Å². The number of thioether (sulfide) groups is 1. The molecule has 0 amide bonds. The van der Waals surface area contributed by atoms with E-state index < -0.39 is 0 Å². The average molecular weight is 256 g/mol. The lowest BCUT2D eigenvalue weighted by atomic mass is 9.96. The summed E-state index contributed by atoms with van der Waals surface area (Å²) in [5, 5.41) is 4.65. The van der Waals surface area contributed by atoms with Crippen LogP contribution in [0.3, 0.4) is 0 Å². The van der Waals surface area contributed by atoms with E-state index >= 15 is 0 Å². The zero-order chi connectivity index (χ0) is 12.1. The van der Waals surface area contributed by atoms with Gasteiger partial charge in [-0.05, 0) is 63.5 Å². The summed E-state index contributed by atoms with van der Waals surface area (Å²) in [5.41, 5.74) is 0. The Morgan fingerprint density at radius 1 is 1.24 bits per heavy atom.